The third kappa shape index (κ3) is 3.10. The van der Waals surface area contributed by atoms with Crippen molar-refractivity contribution in [2.75, 3.05) is 0 Å². The maximum atomic E-state index is 11.9. The van der Waals surface area contributed by atoms with E-state index < -0.39 is 19.0 Å². The second-order valence-corrected chi connectivity index (χ2v) is 3.98. The standard InChI is InChI=1S/C14H11BO4/c16-10-11-6-4-5-9-13(11)14(17)19-15(18)12-7-2-1-3-8-12/h1-9,13,18H. The second-order valence-electron chi connectivity index (χ2n) is 3.98. The minimum atomic E-state index is -1.35. The fourth-order valence-electron chi connectivity index (χ4n) is 1.71. The van der Waals surface area contributed by atoms with Gasteiger partial charge < -0.3 is 9.68 Å². The predicted molar refractivity (Wildman–Crippen MR) is 71.1 cm³/mol. The SMILES string of the molecule is O=C=C1C=CC=CC1C(=O)OB(O)c1ccccc1. The van der Waals surface area contributed by atoms with Crippen LogP contribution in [0.3, 0.4) is 0 Å². The highest BCUT2D eigenvalue weighted by atomic mass is 16.6. The Balaban J connectivity index is 2.07. The molecule has 1 aromatic rings. The first-order chi connectivity index (χ1) is 9.22. The quantitative estimate of drug-likeness (QED) is 0.627. The van der Waals surface area contributed by atoms with E-state index in [1.54, 1.807) is 48.4 Å². The maximum absolute atomic E-state index is 11.9. The highest BCUT2D eigenvalue weighted by Gasteiger charge is 2.28. The molecule has 0 amide bonds. The van der Waals surface area contributed by atoms with Crippen LogP contribution in [0.25, 0.3) is 0 Å². The highest BCUT2D eigenvalue weighted by Crippen LogP contribution is 2.17. The third-order valence-corrected chi connectivity index (χ3v) is 2.71. The van der Waals surface area contributed by atoms with E-state index >= 15 is 0 Å². The largest absolute Gasteiger partial charge is 0.561 e. The molecule has 0 spiro atoms. The Morgan fingerprint density at radius 2 is 2.00 bits per heavy atom. The van der Waals surface area contributed by atoms with Crippen LogP contribution in [0.1, 0.15) is 0 Å². The van der Waals surface area contributed by atoms with E-state index in [0.717, 1.165) is 0 Å². The Labute approximate surface area is 110 Å². The molecule has 94 valence electrons. The van der Waals surface area contributed by atoms with Crippen molar-refractivity contribution in [3.8, 4) is 0 Å². The van der Waals surface area contributed by atoms with Gasteiger partial charge in [-0.3, -0.25) is 4.79 Å². The van der Waals surface area contributed by atoms with Crippen LogP contribution in [0.15, 0.2) is 60.2 Å². The molecule has 0 fully saturated rings. The van der Waals surface area contributed by atoms with Crippen LogP contribution in [-0.2, 0) is 14.2 Å². The van der Waals surface area contributed by atoms with Crippen LogP contribution < -0.4 is 5.46 Å². The van der Waals surface area contributed by atoms with Crippen molar-refractivity contribution in [3.63, 3.8) is 0 Å². The minimum absolute atomic E-state index is 0.188. The molecule has 1 atom stereocenters. The van der Waals surface area contributed by atoms with Crippen molar-refractivity contribution in [1.82, 2.24) is 0 Å². The normalized spacial score (nSPS) is 16.9. The Bertz CT molecular complexity index is 570. The summed E-state index contributed by atoms with van der Waals surface area (Å²) in [5.74, 6) is 0.191. The molecule has 1 N–H and O–H groups in total. The third-order valence-electron chi connectivity index (χ3n) is 2.71. The molecule has 0 radical (unpaired) electrons. The van der Waals surface area contributed by atoms with Gasteiger partial charge in [-0.1, -0.05) is 48.6 Å². The summed E-state index contributed by atoms with van der Waals surface area (Å²) >= 11 is 0. The molecule has 2 rings (SSSR count). The molecule has 0 bridgehead atoms. The average Bonchev–Trinajstić information content (AvgIpc) is 2.48. The average molecular weight is 254 g/mol. The summed E-state index contributed by atoms with van der Waals surface area (Å²) in [4.78, 5) is 22.6. The molecule has 0 heterocycles. The number of benzene rings is 1. The Hall–Kier alpha value is -2.36. The highest BCUT2D eigenvalue weighted by molar-refractivity contribution is 6.61. The van der Waals surface area contributed by atoms with Crippen molar-refractivity contribution in [2.24, 2.45) is 5.92 Å². The number of allylic oxidation sites excluding steroid dienone is 3. The summed E-state index contributed by atoms with van der Waals surface area (Å²) in [7, 11) is -1.35. The number of hydrogen-bond donors (Lipinski definition) is 1. The Kier molecular flexibility index (Phi) is 4.13. The van der Waals surface area contributed by atoms with E-state index in [9.17, 15) is 14.6 Å². The zero-order chi connectivity index (χ0) is 13.7. The van der Waals surface area contributed by atoms with Crippen LogP contribution in [0.4, 0.5) is 0 Å². The van der Waals surface area contributed by atoms with Gasteiger partial charge in [0.2, 0.25) is 0 Å². The van der Waals surface area contributed by atoms with Crippen molar-refractivity contribution >= 4 is 24.5 Å². The van der Waals surface area contributed by atoms with E-state index in [-0.39, 0.29) is 5.57 Å². The molecular weight excluding hydrogens is 243 g/mol. The van der Waals surface area contributed by atoms with Gasteiger partial charge in [-0.2, -0.15) is 0 Å². The summed E-state index contributed by atoms with van der Waals surface area (Å²) in [6.07, 6.45) is 6.30. The van der Waals surface area contributed by atoms with Gasteiger partial charge in [0, 0.05) is 0 Å². The van der Waals surface area contributed by atoms with Gasteiger partial charge in [0.05, 0.1) is 5.57 Å². The van der Waals surface area contributed by atoms with Crippen molar-refractivity contribution in [1.29, 1.82) is 0 Å². The predicted octanol–water partition coefficient (Wildman–Crippen LogP) is 0.417. The second kappa shape index (κ2) is 6.00. The van der Waals surface area contributed by atoms with Crippen LogP contribution in [0.2, 0.25) is 0 Å². The van der Waals surface area contributed by atoms with E-state index in [2.05, 4.69) is 0 Å². The summed E-state index contributed by atoms with van der Waals surface area (Å²) in [5.41, 5.74) is 0.663. The van der Waals surface area contributed by atoms with Gasteiger partial charge >= 0.3 is 13.1 Å². The fourth-order valence-corrected chi connectivity index (χ4v) is 1.71. The molecular formula is C14H11BO4. The Morgan fingerprint density at radius 3 is 2.68 bits per heavy atom. The lowest BCUT2D eigenvalue weighted by Crippen LogP contribution is -2.37. The maximum Gasteiger partial charge on any atom is 0.561 e. The van der Waals surface area contributed by atoms with E-state index in [0.29, 0.717) is 5.46 Å². The van der Waals surface area contributed by atoms with Crippen molar-refractivity contribution in [3.05, 3.63) is 60.2 Å². The molecule has 19 heavy (non-hydrogen) atoms. The van der Waals surface area contributed by atoms with Gasteiger partial charge in [0.15, 0.2) is 0 Å². The summed E-state index contributed by atoms with van der Waals surface area (Å²) < 4.78 is 4.94. The minimum Gasteiger partial charge on any atom is -0.505 e. The first-order valence-electron chi connectivity index (χ1n) is 5.75. The monoisotopic (exact) mass is 254 g/mol. The lowest BCUT2D eigenvalue weighted by atomic mass is 9.79. The van der Waals surface area contributed by atoms with Gasteiger partial charge in [-0.15, -0.1) is 0 Å². The van der Waals surface area contributed by atoms with Gasteiger partial charge in [-0.25, -0.2) is 4.79 Å². The lowest BCUT2D eigenvalue weighted by Gasteiger charge is -2.15. The van der Waals surface area contributed by atoms with Crippen LogP contribution in [0, 0.1) is 5.92 Å². The number of carbonyl (C=O) groups is 1. The summed E-state index contributed by atoms with van der Waals surface area (Å²) in [5, 5.41) is 9.79. The number of rotatable bonds is 3. The molecule has 4 nitrogen and oxygen atoms in total. The molecule has 0 aromatic heterocycles. The molecule has 0 saturated carbocycles. The van der Waals surface area contributed by atoms with Crippen LogP contribution in [-0.4, -0.2) is 24.1 Å². The molecule has 0 aliphatic heterocycles. The van der Waals surface area contributed by atoms with E-state index in [1.165, 1.54) is 12.2 Å². The first-order valence-corrected chi connectivity index (χ1v) is 5.75. The first kappa shape index (κ1) is 13.1. The van der Waals surface area contributed by atoms with Crippen molar-refractivity contribution < 1.29 is 19.3 Å². The molecule has 1 aliphatic carbocycles. The molecule has 1 aromatic carbocycles. The van der Waals surface area contributed by atoms with Crippen molar-refractivity contribution in [2.45, 2.75) is 0 Å². The molecule has 1 aliphatic rings. The molecule has 1 unspecified atom stereocenters. The zero-order valence-corrected chi connectivity index (χ0v) is 10.0. The van der Waals surface area contributed by atoms with Gasteiger partial charge in [0.1, 0.15) is 11.9 Å². The topological polar surface area (TPSA) is 63.6 Å². The summed E-state index contributed by atoms with van der Waals surface area (Å²) in [6.45, 7) is 0. The zero-order valence-electron chi connectivity index (χ0n) is 10.0. The van der Waals surface area contributed by atoms with Crippen LogP contribution >= 0.6 is 0 Å². The number of hydrogen-bond acceptors (Lipinski definition) is 4. The van der Waals surface area contributed by atoms with Gasteiger partial charge in [0.25, 0.3) is 0 Å². The molecule has 5 heteroatoms. The van der Waals surface area contributed by atoms with E-state index in [1.807, 2.05) is 0 Å². The molecule has 0 saturated heterocycles. The van der Waals surface area contributed by atoms with Crippen LogP contribution in [0.5, 0.6) is 0 Å². The van der Waals surface area contributed by atoms with E-state index in [4.69, 9.17) is 4.65 Å². The Morgan fingerprint density at radius 1 is 1.26 bits per heavy atom. The smallest absolute Gasteiger partial charge is 0.505 e. The summed E-state index contributed by atoms with van der Waals surface area (Å²) in [6, 6.07) is 8.54. The number of carbonyl (C=O) groups excluding carboxylic acids is 2. The van der Waals surface area contributed by atoms with Gasteiger partial charge in [-0.05, 0) is 11.5 Å². The lowest BCUT2D eigenvalue weighted by molar-refractivity contribution is -0.137. The fraction of sp³-hybridized carbons (Fsp3) is 0.0714.